The van der Waals surface area contributed by atoms with Gasteiger partial charge in [0.25, 0.3) is 0 Å². The van der Waals surface area contributed by atoms with Crippen molar-refractivity contribution in [3.63, 3.8) is 0 Å². The van der Waals surface area contributed by atoms with E-state index >= 15 is 0 Å². The van der Waals surface area contributed by atoms with Gasteiger partial charge in [0.1, 0.15) is 6.26 Å². The van der Waals surface area contributed by atoms with Crippen LogP contribution in [0.5, 0.6) is 0 Å². The quantitative estimate of drug-likeness (QED) is 0.470. The molecule has 31 heavy (non-hydrogen) atoms. The van der Waals surface area contributed by atoms with Gasteiger partial charge in [-0.3, -0.25) is 9.89 Å². The minimum Gasteiger partial charge on any atom is -0.364 e. The second kappa shape index (κ2) is 10.8. The predicted molar refractivity (Wildman–Crippen MR) is 124 cm³/mol. The fourth-order valence-electron chi connectivity index (χ4n) is 4.04. The third-order valence-corrected chi connectivity index (χ3v) is 5.71. The number of benzene rings is 2. The van der Waals surface area contributed by atoms with Gasteiger partial charge in [0.05, 0.1) is 12.2 Å². The zero-order valence-electron chi connectivity index (χ0n) is 18.2. The van der Waals surface area contributed by atoms with Crippen molar-refractivity contribution < 1.29 is 4.52 Å². The third kappa shape index (κ3) is 5.73. The van der Waals surface area contributed by atoms with E-state index in [9.17, 15) is 0 Å². The zero-order chi connectivity index (χ0) is 21.3. The number of aliphatic imine (C=N–C) groups is 1. The Morgan fingerprint density at radius 2 is 1.61 bits per heavy atom. The molecule has 6 nitrogen and oxygen atoms in total. The van der Waals surface area contributed by atoms with Crippen molar-refractivity contribution in [2.24, 2.45) is 4.99 Å². The summed E-state index contributed by atoms with van der Waals surface area (Å²) in [4.78, 5) is 9.86. The summed E-state index contributed by atoms with van der Waals surface area (Å²) in [6, 6.07) is 23.3. The molecule has 0 unspecified atom stereocenters. The molecule has 1 N–H and O–H groups in total. The number of nitrogens with one attached hydrogen (secondary N) is 1. The van der Waals surface area contributed by atoms with E-state index in [2.05, 4.69) is 87.9 Å². The Labute approximate surface area is 184 Å². The molecule has 1 aliphatic rings. The van der Waals surface area contributed by atoms with Gasteiger partial charge in [0, 0.05) is 51.3 Å². The maximum atomic E-state index is 5.08. The van der Waals surface area contributed by atoms with Crippen LogP contribution >= 0.6 is 0 Å². The first-order chi connectivity index (χ1) is 15.3. The molecule has 0 amide bonds. The van der Waals surface area contributed by atoms with Crippen molar-refractivity contribution in [1.82, 2.24) is 20.3 Å². The Bertz CT molecular complexity index is 880. The molecule has 3 aromatic rings. The van der Waals surface area contributed by atoms with Crippen molar-refractivity contribution >= 4 is 5.96 Å². The Morgan fingerprint density at radius 3 is 2.16 bits per heavy atom. The lowest BCUT2D eigenvalue weighted by molar-refractivity contribution is 0.169. The summed E-state index contributed by atoms with van der Waals surface area (Å²) in [7, 11) is 0. The van der Waals surface area contributed by atoms with Crippen LogP contribution in [-0.4, -0.2) is 60.2 Å². The van der Waals surface area contributed by atoms with Gasteiger partial charge in [-0.25, -0.2) is 0 Å². The van der Waals surface area contributed by atoms with E-state index < -0.39 is 0 Å². The summed E-state index contributed by atoms with van der Waals surface area (Å²) in [5, 5.41) is 7.54. The maximum absolute atomic E-state index is 5.08. The fraction of sp³-hybridized carbons (Fsp3) is 0.360. The summed E-state index contributed by atoms with van der Waals surface area (Å²) < 4.78 is 4.96. The van der Waals surface area contributed by atoms with Crippen LogP contribution in [-0.2, 0) is 6.54 Å². The summed E-state index contributed by atoms with van der Waals surface area (Å²) in [6.45, 7) is 8.41. The van der Waals surface area contributed by atoms with Crippen LogP contribution in [0.25, 0.3) is 0 Å². The van der Waals surface area contributed by atoms with Gasteiger partial charge in [-0.15, -0.1) is 0 Å². The highest BCUT2D eigenvalue weighted by atomic mass is 16.5. The molecule has 1 aliphatic heterocycles. The van der Waals surface area contributed by atoms with Crippen LogP contribution in [0.15, 0.2) is 82.5 Å². The zero-order valence-corrected chi connectivity index (χ0v) is 18.2. The average Bonchev–Trinajstić information content (AvgIpc) is 3.34. The molecule has 2 heterocycles. The molecule has 6 heteroatoms. The van der Waals surface area contributed by atoms with E-state index in [4.69, 9.17) is 9.52 Å². The largest absolute Gasteiger partial charge is 0.364 e. The number of nitrogens with zero attached hydrogens (tertiary/aromatic N) is 4. The van der Waals surface area contributed by atoms with Crippen molar-refractivity contribution in [1.29, 1.82) is 0 Å². The van der Waals surface area contributed by atoms with E-state index in [1.165, 1.54) is 11.1 Å². The Morgan fingerprint density at radius 1 is 0.968 bits per heavy atom. The van der Waals surface area contributed by atoms with Crippen molar-refractivity contribution in [3.8, 4) is 0 Å². The SMILES string of the molecule is CCNC(=NCC(c1ccccc1)c1ccccc1)N1CCN(Cc2ccon2)CC1. The highest BCUT2D eigenvalue weighted by Crippen LogP contribution is 2.25. The molecule has 1 saturated heterocycles. The first-order valence-corrected chi connectivity index (χ1v) is 11.1. The third-order valence-electron chi connectivity index (χ3n) is 5.71. The van der Waals surface area contributed by atoms with E-state index in [0.717, 1.165) is 57.5 Å². The van der Waals surface area contributed by atoms with Crippen LogP contribution < -0.4 is 5.32 Å². The lowest BCUT2D eigenvalue weighted by Crippen LogP contribution is -2.52. The number of piperazine rings is 1. The van der Waals surface area contributed by atoms with Gasteiger partial charge >= 0.3 is 0 Å². The minimum absolute atomic E-state index is 0.240. The van der Waals surface area contributed by atoms with E-state index in [1.54, 1.807) is 6.26 Å². The Balaban J connectivity index is 1.45. The Hall–Kier alpha value is -3.12. The van der Waals surface area contributed by atoms with Gasteiger partial charge < -0.3 is 14.7 Å². The minimum atomic E-state index is 0.240. The van der Waals surface area contributed by atoms with Gasteiger partial charge in [-0.2, -0.15) is 0 Å². The molecule has 1 aromatic heterocycles. The summed E-state index contributed by atoms with van der Waals surface area (Å²) >= 11 is 0. The highest BCUT2D eigenvalue weighted by molar-refractivity contribution is 5.80. The number of rotatable bonds is 7. The smallest absolute Gasteiger partial charge is 0.194 e. The van der Waals surface area contributed by atoms with Gasteiger partial charge in [0.15, 0.2) is 5.96 Å². The molecule has 1 fully saturated rings. The van der Waals surface area contributed by atoms with Gasteiger partial charge in [-0.05, 0) is 18.1 Å². The average molecular weight is 418 g/mol. The van der Waals surface area contributed by atoms with Gasteiger partial charge in [-0.1, -0.05) is 65.8 Å². The normalized spacial score (nSPS) is 15.4. The van der Waals surface area contributed by atoms with Crippen molar-refractivity contribution in [2.45, 2.75) is 19.4 Å². The lowest BCUT2D eigenvalue weighted by Gasteiger charge is -2.36. The number of aromatic nitrogens is 1. The van der Waals surface area contributed by atoms with Crippen LogP contribution in [0, 0.1) is 0 Å². The Kier molecular flexibility index (Phi) is 7.34. The molecular weight excluding hydrogens is 386 g/mol. The molecule has 0 aliphatic carbocycles. The number of guanidine groups is 1. The number of hydrogen-bond acceptors (Lipinski definition) is 4. The topological polar surface area (TPSA) is 56.9 Å². The molecule has 0 atom stereocenters. The summed E-state index contributed by atoms with van der Waals surface area (Å²) in [5.41, 5.74) is 3.58. The van der Waals surface area contributed by atoms with Crippen molar-refractivity contribution in [2.75, 3.05) is 39.3 Å². The van der Waals surface area contributed by atoms with E-state index in [1.807, 2.05) is 6.07 Å². The molecule has 0 radical (unpaired) electrons. The lowest BCUT2D eigenvalue weighted by atomic mass is 9.91. The molecule has 0 saturated carbocycles. The molecular formula is C25H31N5O. The molecule has 2 aromatic carbocycles. The van der Waals surface area contributed by atoms with Crippen molar-refractivity contribution in [3.05, 3.63) is 89.8 Å². The summed E-state index contributed by atoms with van der Waals surface area (Å²) in [6.07, 6.45) is 1.64. The predicted octanol–water partition coefficient (Wildman–Crippen LogP) is 3.59. The molecule has 4 rings (SSSR count). The molecule has 0 bridgehead atoms. The maximum Gasteiger partial charge on any atom is 0.194 e. The second-order valence-corrected chi connectivity index (χ2v) is 7.82. The number of hydrogen-bond donors (Lipinski definition) is 1. The first kappa shape index (κ1) is 21.1. The van der Waals surface area contributed by atoms with Crippen LogP contribution in [0.3, 0.4) is 0 Å². The first-order valence-electron chi connectivity index (χ1n) is 11.1. The van der Waals surface area contributed by atoms with Gasteiger partial charge in [0.2, 0.25) is 0 Å². The van der Waals surface area contributed by atoms with E-state index in [0.29, 0.717) is 0 Å². The monoisotopic (exact) mass is 417 g/mol. The van der Waals surface area contributed by atoms with Crippen LogP contribution in [0.1, 0.15) is 29.7 Å². The standard InChI is InChI=1S/C25H31N5O/c1-2-26-25(30-16-14-29(15-17-30)20-23-13-18-31-28-23)27-19-24(21-9-5-3-6-10-21)22-11-7-4-8-12-22/h3-13,18,24H,2,14-17,19-20H2,1H3,(H,26,27). The summed E-state index contributed by atoms with van der Waals surface area (Å²) in [5.74, 6) is 1.24. The van der Waals surface area contributed by atoms with Crippen LogP contribution in [0.2, 0.25) is 0 Å². The van der Waals surface area contributed by atoms with E-state index in [-0.39, 0.29) is 5.92 Å². The second-order valence-electron chi connectivity index (χ2n) is 7.82. The highest BCUT2D eigenvalue weighted by Gasteiger charge is 2.21. The van der Waals surface area contributed by atoms with Crippen LogP contribution in [0.4, 0.5) is 0 Å². The molecule has 162 valence electrons. The fourth-order valence-corrected chi connectivity index (χ4v) is 4.04. The molecule has 0 spiro atoms.